The summed E-state index contributed by atoms with van der Waals surface area (Å²) in [6.07, 6.45) is 6.73. The third-order valence-electron chi connectivity index (χ3n) is 12.8. The average Bonchev–Trinajstić information content (AvgIpc) is 3.58. The van der Waals surface area contributed by atoms with Crippen LogP contribution in [0.1, 0.15) is 124 Å². The number of ether oxygens (including phenoxy) is 3. The highest BCUT2D eigenvalue weighted by molar-refractivity contribution is 6.24. The summed E-state index contributed by atoms with van der Waals surface area (Å²) in [5, 5.41) is 19.9. The van der Waals surface area contributed by atoms with Gasteiger partial charge in [-0.05, 0) is 165 Å². The molecule has 2 aliphatic carbocycles. The average molecular weight is 801 g/mol. The van der Waals surface area contributed by atoms with Gasteiger partial charge in [0, 0.05) is 27.3 Å². The zero-order valence-electron chi connectivity index (χ0n) is 36.6. The van der Waals surface area contributed by atoms with E-state index in [0.717, 1.165) is 59.1 Å². The topological polar surface area (TPSA) is 165 Å². The SMILES string of the molecule is CCN=C=O.CCNC(=O)OC1=C(c2cc(C)c(C)cc2C)C(=O)NC12CCC(C)(OC)CC2.COC1(C)CCC2(CC1)NC(=O)C(c1cc(C)c(C)cc1C)=C2O. The van der Waals surface area contributed by atoms with Gasteiger partial charge in [0.25, 0.3) is 11.8 Å². The molecule has 2 aliphatic heterocycles. The minimum atomic E-state index is -0.680. The van der Waals surface area contributed by atoms with Crippen molar-refractivity contribution in [3.63, 3.8) is 0 Å². The molecule has 0 atom stereocenters. The number of nitrogens with one attached hydrogen (secondary N) is 3. The number of carbonyl (C=O) groups is 3. The maximum Gasteiger partial charge on any atom is 0.412 e. The van der Waals surface area contributed by atoms with Crippen molar-refractivity contribution in [2.75, 3.05) is 27.3 Å². The standard InChI is InChI=1S/C23H32N2O4.C20H27NO3.C3H5NO/c1-7-24-21(27)29-19-18(17-13-15(3)14(2)12-16(17)4)20(26)25-23(19)10-8-22(5,28-6)9-11-23;1-12-10-14(3)15(11-13(12)2)16-17(22)20(21-18(16)23)8-6-19(4,24-5)7-9-20;1-2-4-3-5/h12-13H,7-11H2,1-6H3,(H,24,27)(H,25,26);10-11,22H,6-9H2,1-5H3,(H,21,23);2H2,1H3. The molecule has 0 radical (unpaired) electrons. The third kappa shape index (κ3) is 9.57. The van der Waals surface area contributed by atoms with E-state index in [-0.39, 0.29) is 28.8 Å². The van der Waals surface area contributed by atoms with Gasteiger partial charge in [-0.2, -0.15) is 0 Å². The van der Waals surface area contributed by atoms with Crippen LogP contribution in [-0.2, 0) is 28.6 Å². The Kier molecular flexibility index (Phi) is 14.6. The molecule has 2 aromatic carbocycles. The predicted molar refractivity (Wildman–Crippen MR) is 226 cm³/mol. The summed E-state index contributed by atoms with van der Waals surface area (Å²) < 4.78 is 17.1. The number of aliphatic imine (C=N–C) groups is 1. The van der Waals surface area contributed by atoms with Crippen LogP contribution in [-0.4, -0.2) is 78.7 Å². The number of rotatable bonds is 7. The Balaban J connectivity index is 0.000000233. The number of carbonyl (C=O) groups excluding carboxylic acids is 4. The monoisotopic (exact) mass is 800 g/mol. The molecule has 12 nitrogen and oxygen atoms in total. The van der Waals surface area contributed by atoms with Gasteiger partial charge in [0.1, 0.15) is 11.5 Å². The molecular weight excluding hydrogens is 737 g/mol. The first-order valence-electron chi connectivity index (χ1n) is 20.4. The normalized spacial score (nSPS) is 26.3. The van der Waals surface area contributed by atoms with Crippen LogP contribution in [0.3, 0.4) is 0 Å². The van der Waals surface area contributed by atoms with E-state index in [9.17, 15) is 19.5 Å². The van der Waals surface area contributed by atoms with E-state index in [2.05, 4.69) is 60.8 Å². The second-order valence-electron chi connectivity index (χ2n) is 16.8. The molecule has 2 saturated carbocycles. The number of aliphatic hydroxyl groups excluding tert-OH is 1. The molecule has 2 aromatic rings. The highest BCUT2D eigenvalue weighted by Gasteiger charge is 2.53. The molecular formula is C46H64N4O8. The summed E-state index contributed by atoms with van der Waals surface area (Å²) >= 11 is 0. The van der Waals surface area contributed by atoms with Crippen molar-refractivity contribution in [3.05, 3.63) is 80.3 Å². The van der Waals surface area contributed by atoms with Crippen molar-refractivity contribution in [1.29, 1.82) is 0 Å². The molecule has 4 aliphatic rings. The maximum absolute atomic E-state index is 13.2. The summed E-state index contributed by atoms with van der Waals surface area (Å²) in [6, 6.07) is 8.17. The number of methoxy groups -OCH3 is 2. The lowest BCUT2D eigenvalue weighted by atomic mass is 9.74. The minimum Gasteiger partial charge on any atom is -0.509 e. The number of amides is 3. The number of alkyl carbamates (subject to hydrolysis) is 1. The van der Waals surface area contributed by atoms with Crippen molar-refractivity contribution < 1.29 is 38.5 Å². The molecule has 2 spiro atoms. The van der Waals surface area contributed by atoms with Gasteiger partial charge >= 0.3 is 6.09 Å². The molecule has 0 aromatic heterocycles. The van der Waals surface area contributed by atoms with Crippen molar-refractivity contribution in [1.82, 2.24) is 16.0 Å². The highest BCUT2D eigenvalue weighted by atomic mass is 16.6. The van der Waals surface area contributed by atoms with Crippen LogP contribution in [0.5, 0.6) is 0 Å². The molecule has 316 valence electrons. The maximum atomic E-state index is 13.2. The fraction of sp³-hybridized carbons (Fsp3) is 0.565. The second-order valence-corrected chi connectivity index (χ2v) is 16.8. The molecule has 0 saturated heterocycles. The fourth-order valence-electron chi connectivity index (χ4n) is 8.34. The van der Waals surface area contributed by atoms with Gasteiger partial charge in [-0.1, -0.05) is 24.3 Å². The zero-order chi connectivity index (χ0) is 43.2. The molecule has 4 N–H and O–H groups in total. The first-order valence-corrected chi connectivity index (χ1v) is 20.4. The van der Waals surface area contributed by atoms with Gasteiger partial charge in [-0.25, -0.2) is 14.6 Å². The highest BCUT2D eigenvalue weighted by Crippen LogP contribution is 2.48. The number of nitrogens with zero attached hydrogens (tertiary/aromatic N) is 1. The lowest BCUT2D eigenvalue weighted by Crippen LogP contribution is -2.52. The van der Waals surface area contributed by atoms with Crippen molar-refractivity contribution >= 4 is 35.1 Å². The van der Waals surface area contributed by atoms with E-state index >= 15 is 0 Å². The van der Waals surface area contributed by atoms with Gasteiger partial charge in [0.15, 0.2) is 0 Å². The van der Waals surface area contributed by atoms with E-state index in [1.807, 2.05) is 46.8 Å². The van der Waals surface area contributed by atoms with Crippen LogP contribution in [0.2, 0.25) is 0 Å². The zero-order valence-corrected chi connectivity index (χ0v) is 36.6. The van der Waals surface area contributed by atoms with E-state index in [0.29, 0.717) is 55.7 Å². The van der Waals surface area contributed by atoms with Crippen LogP contribution in [0, 0.1) is 41.5 Å². The van der Waals surface area contributed by atoms with Gasteiger partial charge < -0.3 is 35.3 Å². The molecule has 58 heavy (non-hydrogen) atoms. The van der Waals surface area contributed by atoms with Crippen LogP contribution in [0.15, 0.2) is 40.8 Å². The summed E-state index contributed by atoms with van der Waals surface area (Å²) in [6.45, 7) is 20.9. The quantitative estimate of drug-likeness (QED) is 0.162. The van der Waals surface area contributed by atoms with Gasteiger partial charge in [-0.15, -0.1) is 0 Å². The van der Waals surface area contributed by atoms with Crippen molar-refractivity contribution in [2.24, 2.45) is 4.99 Å². The molecule has 6 rings (SSSR count). The van der Waals surface area contributed by atoms with Crippen LogP contribution in [0.25, 0.3) is 11.1 Å². The largest absolute Gasteiger partial charge is 0.509 e. The summed E-state index contributed by atoms with van der Waals surface area (Å²) in [4.78, 5) is 50.5. The molecule has 12 heteroatoms. The van der Waals surface area contributed by atoms with E-state index < -0.39 is 17.2 Å². The molecule has 2 fully saturated rings. The molecule has 0 unspecified atom stereocenters. The van der Waals surface area contributed by atoms with E-state index in [4.69, 9.17) is 19.0 Å². The summed E-state index contributed by atoms with van der Waals surface area (Å²) in [5.74, 6) is 0.298. The molecule has 2 heterocycles. The number of isocyanates is 1. The lowest BCUT2D eigenvalue weighted by Gasteiger charge is -2.42. The smallest absolute Gasteiger partial charge is 0.412 e. The Morgan fingerprint density at radius 1 is 0.707 bits per heavy atom. The number of aliphatic hydroxyl groups is 1. The van der Waals surface area contributed by atoms with Gasteiger partial charge in [0.2, 0.25) is 6.08 Å². The Labute approximate surface area is 344 Å². The fourth-order valence-corrected chi connectivity index (χ4v) is 8.34. The summed E-state index contributed by atoms with van der Waals surface area (Å²) in [5.41, 5.74) is 7.45. The first kappa shape index (κ1) is 45.9. The molecule has 3 amide bonds. The Hall–Kier alpha value is -4.77. The number of hydrogen-bond donors (Lipinski definition) is 4. The third-order valence-corrected chi connectivity index (χ3v) is 12.8. The van der Waals surface area contributed by atoms with Crippen LogP contribution >= 0.6 is 0 Å². The van der Waals surface area contributed by atoms with Gasteiger partial charge in [0.05, 0.1) is 33.4 Å². The van der Waals surface area contributed by atoms with E-state index in [1.54, 1.807) is 21.1 Å². The number of aryl methyl sites for hydroxylation is 6. The van der Waals surface area contributed by atoms with Crippen molar-refractivity contribution in [3.8, 4) is 0 Å². The minimum absolute atomic E-state index is 0.167. The Morgan fingerprint density at radius 3 is 1.53 bits per heavy atom. The Bertz CT molecular complexity index is 2010. The van der Waals surface area contributed by atoms with Gasteiger partial charge in [-0.3, -0.25) is 9.59 Å². The Morgan fingerprint density at radius 2 is 1.12 bits per heavy atom. The van der Waals surface area contributed by atoms with Crippen LogP contribution in [0.4, 0.5) is 4.79 Å². The van der Waals surface area contributed by atoms with Crippen molar-refractivity contribution in [2.45, 2.75) is 143 Å². The lowest BCUT2D eigenvalue weighted by molar-refractivity contribution is -0.118. The van der Waals surface area contributed by atoms with E-state index in [1.165, 1.54) is 17.2 Å². The number of benzene rings is 2. The second kappa shape index (κ2) is 18.4. The predicted octanol–water partition coefficient (Wildman–Crippen LogP) is 7.99. The molecule has 0 bridgehead atoms. The number of hydrogen-bond acceptors (Lipinski definition) is 9. The van der Waals surface area contributed by atoms with Crippen LogP contribution < -0.4 is 16.0 Å². The first-order chi connectivity index (χ1) is 27.3. The summed E-state index contributed by atoms with van der Waals surface area (Å²) in [7, 11) is 3.45.